The summed E-state index contributed by atoms with van der Waals surface area (Å²) in [6, 6.07) is 2.12. The van der Waals surface area contributed by atoms with Crippen molar-refractivity contribution < 1.29 is 58.9 Å². The van der Waals surface area contributed by atoms with E-state index in [-0.39, 0.29) is 5.56 Å². The molecule has 1 fully saturated rings. The molecular formula is C17H15F9N2O4. The maximum absolute atomic E-state index is 14.8. The molecule has 0 aliphatic carbocycles. The Kier molecular flexibility index (Phi) is 6.39. The summed E-state index contributed by atoms with van der Waals surface area (Å²) in [5.41, 5.74) is -5.18. The van der Waals surface area contributed by atoms with E-state index in [0.717, 1.165) is 24.4 Å². The molecular weight excluding hydrogens is 467 g/mol. The molecule has 1 aromatic carbocycles. The third-order valence-electron chi connectivity index (χ3n) is 4.70. The number of urea groups is 1. The van der Waals surface area contributed by atoms with Gasteiger partial charge in [-0.05, 0) is 12.5 Å². The van der Waals surface area contributed by atoms with E-state index in [9.17, 15) is 54.2 Å². The number of benzene rings is 1. The first kappa shape index (κ1) is 25.5. The molecule has 1 heterocycles. The topological polar surface area (TPSA) is 87.7 Å². The molecule has 0 unspecified atom stereocenters. The lowest BCUT2D eigenvalue weighted by atomic mass is 9.76. The van der Waals surface area contributed by atoms with Crippen molar-refractivity contribution in [1.29, 1.82) is 0 Å². The number of rotatable bonds is 6. The molecule has 15 heteroatoms. The fourth-order valence-electron chi connectivity index (χ4n) is 3.12. The molecule has 0 radical (unpaired) electrons. The Morgan fingerprint density at radius 1 is 1.03 bits per heavy atom. The summed E-state index contributed by atoms with van der Waals surface area (Å²) in [5.74, 6) is -26.3. The Morgan fingerprint density at radius 2 is 1.56 bits per heavy atom. The third-order valence-corrected chi connectivity index (χ3v) is 4.70. The zero-order valence-electron chi connectivity index (χ0n) is 15.8. The number of aliphatic hydroxyl groups is 1. The normalized spacial score (nSPS) is 25.0. The lowest BCUT2D eigenvalue weighted by molar-refractivity contribution is -0.423. The average Bonchev–Trinajstić information content (AvgIpc) is 2.66. The number of carbonyl (C=O) groups excluding carboxylic acids is 2. The monoisotopic (exact) mass is 482 g/mol. The predicted molar refractivity (Wildman–Crippen MR) is 86.8 cm³/mol. The van der Waals surface area contributed by atoms with Crippen molar-refractivity contribution in [1.82, 2.24) is 10.6 Å². The van der Waals surface area contributed by atoms with Gasteiger partial charge in [-0.1, -0.05) is 30.3 Å². The van der Waals surface area contributed by atoms with Crippen LogP contribution in [0.5, 0.6) is 0 Å². The van der Waals surface area contributed by atoms with E-state index in [4.69, 9.17) is 0 Å². The van der Waals surface area contributed by atoms with Crippen LogP contribution in [0.25, 0.3) is 0 Å². The van der Waals surface area contributed by atoms with Gasteiger partial charge < -0.3 is 20.5 Å². The minimum absolute atomic E-state index is 0.250. The SMILES string of the molecule is CCOC(=O)[C@@H]1[C@@H](c2ccccc2)NC(=O)N[C@@]1(O)C(F)(F)C(F)(F)C(F)(F)C(F)(F)F. The number of carbonyl (C=O) groups is 2. The molecule has 1 saturated heterocycles. The first-order valence-electron chi connectivity index (χ1n) is 8.68. The molecule has 0 bridgehead atoms. The predicted octanol–water partition coefficient (Wildman–Crippen LogP) is 3.38. The molecule has 180 valence electrons. The van der Waals surface area contributed by atoms with Crippen LogP contribution in [-0.2, 0) is 9.53 Å². The van der Waals surface area contributed by atoms with Gasteiger partial charge in [-0.3, -0.25) is 4.79 Å². The third kappa shape index (κ3) is 3.71. The highest BCUT2D eigenvalue weighted by Gasteiger charge is 2.88. The maximum Gasteiger partial charge on any atom is 0.460 e. The second-order valence-electron chi connectivity index (χ2n) is 6.70. The van der Waals surface area contributed by atoms with Crippen LogP contribution in [-0.4, -0.2) is 53.4 Å². The Hall–Kier alpha value is -2.71. The van der Waals surface area contributed by atoms with Crippen molar-refractivity contribution in [2.24, 2.45) is 5.92 Å². The second-order valence-corrected chi connectivity index (χ2v) is 6.70. The van der Waals surface area contributed by atoms with Gasteiger partial charge in [-0.2, -0.15) is 39.5 Å². The van der Waals surface area contributed by atoms with Gasteiger partial charge in [0.2, 0.25) is 5.72 Å². The molecule has 6 nitrogen and oxygen atoms in total. The van der Waals surface area contributed by atoms with Crippen LogP contribution >= 0.6 is 0 Å². The molecule has 2 amide bonds. The van der Waals surface area contributed by atoms with Gasteiger partial charge in [-0.25, -0.2) is 4.79 Å². The van der Waals surface area contributed by atoms with Crippen molar-refractivity contribution in [3.63, 3.8) is 0 Å². The van der Waals surface area contributed by atoms with Crippen molar-refractivity contribution >= 4 is 12.0 Å². The molecule has 0 aromatic heterocycles. The fraction of sp³-hybridized carbons (Fsp3) is 0.529. The number of hydrogen-bond donors (Lipinski definition) is 3. The standard InChI is InChI=1S/C17H15F9N2O4/c1-2-32-11(29)9-10(8-6-4-3-5-7-8)27-12(30)28-13(9,31)14(18,19)15(20,21)16(22,23)17(24,25)26/h3-7,9-10,31H,2H2,1H3,(H2,27,28,30)/t9-,10+,13-/m0/s1. The summed E-state index contributed by atoms with van der Waals surface area (Å²) in [7, 11) is 0. The van der Waals surface area contributed by atoms with E-state index in [1.165, 1.54) is 18.2 Å². The van der Waals surface area contributed by atoms with Crippen LogP contribution in [0.1, 0.15) is 18.5 Å². The number of nitrogens with one attached hydrogen (secondary N) is 2. The summed E-state index contributed by atoms with van der Waals surface area (Å²) < 4.78 is 127. The first-order valence-corrected chi connectivity index (χ1v) is 8.68. The van der Waals surface area contributed by atoms with E-state index in [1.807, 2.05) is 5.32 Å². The van der Waals surface area contributed by atoms with Crippen molar-refractivity contribution in [2.75, 3.05) is 6.61 Å². The van der Waals surface area contributed by atoms with E-state index in [1.54, 1.807) is 0 Å². The molecule has 32 heavy (non-hydrogen) atoms. The Balaban J connectivity index is 2.75. The number of ether oxygens (including phenoxy) is 1. The van der Waals surface area contributed by atoms with E-state index >= 15 is 0 Å². The summed E-state index contributed by atoms with van der Waals surface area (Å²) in [5, 5.41) is 13.1. The smallest absolute Gasteiger partial charge is 0.460 e. The maximum atomic E-state index is 14.8. The lowest BCUT2D eigenvalue weighted by Gasteiger charge is -2.49. The molecule has 3 N–H and O–H groups in total. The van der Waals surface area contributed by atoms with Crippen molar-refractivity contribution in [3.8, 4) is 0 Å². The van der Waals surface area contributed by atoms with Gasteiger partial charge in [0.15, 0.2) is 0 Å². The van der Waals surface area contributed by atoms with Gasteiger partial charge in [0.25, 0.3) is 0 Å². The summed E-state index contributed by atoms with van der Waals surface area (Å²) in [6.07, 6.45) is -7.18. The lowest BCUT2D eigenvalue weighted by Crippen LogP contribution is -2.80. The zero-order chi connectivity index (χ0) is 24.8. The van der Waals surface area contributed by atoms with E-state index < -0.39 is 60.2 Å². The average molecular weight is 482 g/mol. The minimum Gasteiger partial charge on any atom is -0.466 e. The van der Waals surface area contributed by atoms with Gasteiger partial charge in [0.1, 0.15) is 5.92 Å². The number of halogens is 9. The molecule has 1 aromatic rings. The highest BCUT2D eigenvalue weighted by Crippen LogP contribution is 2.58. The summed E-state index contributed by atoms with van der Waals surface area (Å²) in [6.45, 7) is 0.551. The van der Waals surface area contributed by atoms with Crippen molar-refractivity contribution in [3.05, 3.63) is 35.9 Å². The van der Waals surface area contributed by atoms with Crippen LogP contribution in [0.4, 0.5) is 44.3 Å². The molecule has 1 aliphatic heterocycles. The van der Waals surface area contributed by atoms with Crippen LogP contribution in [0, 0.1) is 5.92 Å². The number of hydrogen-bond acceptors (Lipinski definition) is 4. The number of esters is 1. The molecule has 1 aliphatic rings. The van der Waals surface area contributed by atoms with Crippen molar-refractivity contribution in [2.45, 2.75) is 42.6 Å². The Labute approximate surface area is 173 Å². The van der Waals surface area contributed by atoms with Crippen LogP contribution in [0.2, 0.25) is 0 Å². The Morgan fingerprint density at radius 3 is 2.03 bits per heavy atom. The first-order chi connectivity index (χ1) is 14.5. The van der Waals surface area contributed by atoms with Crippen LogP contribution < -0.4 is 10.6 Å². The highest BCUT2D eigenvalue weighted by molar-refractivity contribution is 5.83. The largest absolute Gasteiger partial charge is 0.466 e. The molecule has 2 rings (SSSR count). The minimum atomic E-state index is -7.36. The van der Waals surface area contributed by atoms with E-state index in [0.29, 0.717) is 0 Å². The quantitative estimate of drug-likeness (QED) is 0.429. The highest BCUT2D eigenvalue weighted by atomic mass is 19.4. The molecule has 0 spiro atoms. The van der Waals surface area contributed by atoms with Gasteiger partial charge in [0.05, 0.1) is 12.6 Å². The zero-order valence-corrected chi connectivity index (χ0v) is 15.8. The number of amides is 2. The van der Waals surface area contributed by atoms with Gasteiger partial charge in [-0.15, -0.1) is 0 Å². The van der Waals surface area contributed by atoms with Gasteiger partial charge in [0, 0.05) is 0 Å². The fourth-order valence-corrected chi connectivity index (χ4v) is 3.12. The Bertz CT molecular complexity index is 863. The number of alkyl halides is 9. The van der Waals surface area contributed by atoms with Crippen LogP contribution in [0.15, 0.2) is 30.3 Å². The summed E-state index contributed by atoms with van der Waals surface area (Å²) >= 11 is 0. The molecule has 3 atom stereocenters. The summed E-state index contributed by atoms with van der Waals surface area (Å²) in [4.78, 5) is 24.2. The second kappa shape index (κ2) is 8.01. The van der Waals surface area contributed by atoms with E-state index in [2.05, 4.69) is 4.74 Å². The van der Waals surface area contributed by atoms with Crippen LogP contribution in [0.3, 0.4) is 0 Å². The van der Waals surface area contributed by atoms with Gasteiger partial charge >= 0.3 is 35.9 Å². The molecule has 0 saturated carbocycles.